The molecule has 2 fully saturated rings. The molecule has 2 N–H and O–H groups in total. The van der Waals surface area contributed by atoms with Crippen molar-refractivity contribution in [1.29, 1.82) is 0 Å². The molecular formula is C14H21N3O2. The maximum atomic E-state index is 12.4. The Hall–Kier alpha value is -1.52. The minimum Gasteiger partial charge on any atom is -0.385 e. The lowest BCUT2D eigenvalue weighted by atomic mass is 9.85. The molecule has 3 rings (SSSR count). The van der Waals surface area contributed by atoms with Crippen LogP contribution in [0.4, 0.5) is 5.82 Å². The molecule has 2 saturated carbocycles. The molecule has 104 valence electrons. The monoisotopic (exact) mass is 263 g/mol. The van der Waals surface area contributed by atoms with Gasteiger partial charge in [0.15, 0.2) is 0 Å². The average Bonchev–Trinajstić information content (AvgIpc) is 2.23. The van der Waals surface area contributed by atoms with Crippen molar-refractivity contribution in [3.63, 3.8) is 0 Å². The van der Waals surface area contributed by atoms with Gasteiger partial charge in [-0.1, -0.05) is 12.8 Å². The van der Waals surface area contributed by atoms with E-state index in [1.165, 1.54) is 23.5 Å². The highest BCUT2D eigenvalue weighted by atomic mass is 16.2. The summed E-state index contributed by atoms with van der Waals surface area (Å²) in [4.78, 5) is 24.3. The van der Waals surface area contributed by atoms with Crippen LogP contribution < -0.4 is 17.0 Å². The van der Waals surface area contributed by atoms with Crippen LogP contribution in [-0.2, 0) is 13.1 Å². The Morgan fingerprint density at radius 2 is 1.53 bits per heavy atom. The van der Waals surface area contributed by atoms with Gasteiger partial charge in [0.2, 0.25) is 0 Å². The Bertz CT molecular complexity index is 579. The molecule has 2 aliphatic carbocycles. The molecule has 19 heavy (non-hydrogen) atoms. The number of hydrogen-bond donors (Lipinski definition) is 1. The van der Waals surface area contributed by atoms with Gasteiger partial charge in [0, 0.05) is 19.2 Å². The first kappa shape index (κ1) is 12.5. The van der Waals surface area contributed by atoms with Crippen molar-refractivity contribution in [1.82, 2.24) is 9.13 Å². The normalized spacial score (nSPS) is 20.0. The fourth-order valence-corrected chi connectivity index (χ4v) is 2.85. The molecule has 1 aromatic rings. The van der Waals surface area contributed by atoms with Crippen molar-refractivity contribution in [3.8, 4) is 0 Å². The van der Waals surface area contributed by atoms with Crippen molar-refractivity contribution >= 4 is 5.82 Å². The number of hydrogen-bond acceptors (Lipinski definition) is 3. The third-order valence-electron chi connectivity index (χ3n) is 4.64. The molecule has 0 saturated heterocycles. The van der Waals surface area contributed by atoms with Gasteiger partial charge in [0.1, 0.15) is 5.82 Å². The van der Waals surface area contributed by atoms with Gasteiger partial charge in [-0.3, -0.25) is 13.9 Å². The molecular weight excluding hydrogens is 242 g/mol. The minimum atomic E-state index is -0.251. The van der Waals surface area contributed by atoms with Crippen LogP contribution in [0, 0.1) is 11.8 Å². The smallest absolute Gasteiger partial charge is 0.332 e. The zero-order valence-electron chi connectivity index (χ0n) is 11.2. The van der Waals surface area contributed by atoms with E-state index in [9.17, 15) is 9.59 Å². The second-order valence-corrected chi connectivity index (χ2v) is 6.01. The summed E-state index contributed by atoms with van der Waals surface area (Å²) in [5.41, 5.74) is 5.38. The van der Waals surface area contributed by atoms with Gasteiger partial charge in [-0.2, -0.15) is 0 Å². The number of nitrogens with two attached hydrogens (primary N) is 1. The van der Waals surface area contributed by atoms with E-state index in [2.05, 4.69) is 0 Å². The van der Waals surface area contributed by atoms with Crippen molar-refractivity contribution in [2.45, 2.75) is 51.6 Å². The Morgan fingerprint density at radius 1 is 1.00 bits per heavy atom. The van der Waals surface area contributed by atoms with Gasteiger partial charge in [-0.05, 0) is 37.5 Å². The Labute approximate surface area is 112 Å². The van der Waals surface area contributed by atoms with Crippen LogP contribution >= 0.6 is 0 Å². The number of rotatable bonds is 4. The molecule has 0 atom stereocenters. The lowest BCUT2D eigenvalue weighted by Crippen LogP contribution is -2.43. The van der Waals surface area contributed by atoms with Gasteiger partial charge < -0.3 is 5.73 Å². The highest BCUT2D eigenvalue weighted by Gasteiger charge is 2.23. The average molecular weight is 263 g/mol. The van der Waals surface area contributed by atoms with E-state index in [0.29, 0.717) is 30.7 Å². The molecule has 1 aromatic heterocycles. The maximum Gasteiger partial charge on any atom is 0.332 e. The van der Waals surface area contributed by atoms with E-state index in [1.807, 2.05) is 0 Å². The summed E-state index contributed by atoms with van der Waals surface area (Å²) in [6.45, 7) is 1.22. The molecule has 5 heteroatoms. The fourth-order valence-electron chi connectivity index (χ4n) is 2.85. The summed E-state index contributed by atoms with van der Waals surface area (Å²) in [5, 5.41) is 0. The van der Waals surface area contributed by atoms with Crippen molar-refractivity contribution in [2.75, 3.05) is 5.73 Å². The largest absolute Gasteiger partial charge is 0.385 e. The number of anilines is 1. The quantitative estimate of drug-likeness (QED) is 0.887. The third kappa shape index (κ3) is 2.33. The second kappa shape index (κ2) is 4.87. The minimum absolute atomic E-state index is 0.219. The summed E-state index contributed by atoms with van der Waals surface area (Å²) in [5.74, 6) is 1.35. The Morgan fingerprint density at radius 3 is 2.00 bits per heavy atom. The van der Waals surface area contributed by atoms with Crippen LogP contribution in [-0.4, -0.2) is 9.13 Å². The van der Waals surface area contributed by atoms with Gasteiger partial charge in [-0.15, -0.1) is 0 Å². The standard InChI is InChI=1S/C14H21N3O2/c15-12-7-13(18)17(9-11-5-2-6-11)14(19)16(12)8-10-3-1-4-10/h7,10-11H,1-6,8-9,15H2. The predicted molar refractivity (Wildman–Crippen MR) is 74.1 cm³/mol. The zero-order valence-corrected chi connectivity index (χ0v) is 11.2. The second-order valence-electron chi connectivity index (χ2n) is 6.01. The summed E-state index contributed by atoms with van der Waals surface area (Å²) < 4.78 is 2.96. The summed E-state index contributed by atoms with van der Waals surface area (Å²) >= 11 is 0. The van der Waals surface area contributed by atoms with Gasteiger partial charge in [0.05, 0.1) is 0 Å². The lowest BCUT2D eigenvalue weighted by molar-refractivity contribution is 0.253. The topological polar surface area (TPSA) is 70.0 Å². The number of aromatic nitrogens is 2. The summed E-state index contributed by atoms with van der Waals surface area (Å²) in [6, 6.07) is 1.40. The molecule has 2 aliphatic rings. The summed E-state index contributed by atoms with van der Waals surface area (Å²) in [6.07, 6.45) is 7.02. The maximum absolute atomic E-state index is 12.4. The molecule has 0 radical (unpaired) electrons. The zero-order chi connectivity index (χ0) is 13.4. The van der Waals surface area contributed by atoms with E-state index < -0.39 is 0 Å². The van der Waals surface area contributed by atoms with Gasteiger partial charge >= 0.3 is 5.69 Å². The fraction of sp³-hybridized carbons (Fsp3) is 0.714. The molecule has 0 amide bonds. The Balaban J connectivity index is 1.91. The van der Waals surface area contributed by atoms with Crippen molar-refractivity contribution in [3.05, 3.63) is 26.9 Å². The molecule has 0 spiro atoms. The van der Waals surface area contributed by atoms with E-state index in [1.54, 1.807) is 4.57 Å². The van der Waals surface area contributed by atoms with Crippen molar-refractivity contribution in [2.24, 2.45) is 11.8 Å². The van der Waals surface area contributed by atoms with E-state index in [-0.39, 0.29) is 11.2 Å². The van der Waals surface area contributed by atoms with Crippen LogP contribution in [0.15, 0.2) is 15.7 Å². The molecule has 0 aromatic carbocycles. The number of nitrogen functional groups attached to an aromatic ring is 1. The first-order valence-corrected chi connectivity index (χ1v) is 7.25. The van der Waals surface area contributed by atoms with Crippen LogP contribution in [0.25, 0.3) is 0 Å². The highest BCUT2D eigenvalue weighted by Crippen LogP contribution is 2.28. The molecule has 0 bridgehead atoms. The predicted octanol–water partition coefficient (Wildman–Crippen LogP) is 1.19. The van der Waals surface area contributed by atoms with Crippen LogP contribution in [0.3, 0.4) is 0 Å². The SMILES string of the molecule is Nc1cc(=O)n(CC2CCC2)c(=O)n1CC1CCC1. The van der Waals surface area contributed by atoms with Crippen molar-refractivity contribution < 1.29 is 0 Å². The third-order valence-corrected chi connectivity index (χ3v) is 4.64. The van der Waals surface area contributed by atoms with E-state index in [4.69, 9.17) is 5.73 Å². The van der Waals surface area contributed by atoms with Crippen LogP contribution in [0.2, 0.25) is 0 Å². The Kier molecular flexibility index (Phi) is 3.21. The molecule has 0 aliphatic heterocycles. The highest BCUT2D eigenvalue weighted by molar-refractivity contribution is 5.26. The van der Waals surface area contributed by atoms with Crippen LogP contribution in [0.1, 0.15) is 38.5 Å². The van der Waals surface area contributed by atoms with Gasteiger partial charge in [0.25, 0.3) is 5.56 Å². The van der Waals surface area contributed by atoms with Gasteiger partial charge in [-0.25, -0.2) is 4.79 Å². The van der Waals surface area contributed by atoms with E-state index >= 15 is 0 Å². The summed E-state index contributed by atoms with van der Waals surface area (Å²) in [7, 11) is 0. The van der Waals surface area contributed by atoms with E-state index in [0.717, 1.165) is 25.7 Å². The lowest BCUT2D eigenvalue weighted by Gasteiger charge is -2.28. The first-order valence-electron chi connectivity index (χ1n) is 7.25. The number of nitrogens with zero attached hydrogens (tertiary/aromatic N) is 2. The molecule has 0 unspecified atom stereocenters. The van der Waals surface area contributed by atoms with Crippen LogP contribution in [0.5, 0.6) is 0 Å². The molecule has 1 heterocycles. The molecule has 5 nitrogen and oxygen atoms in total. The first-order chi connectivity index (χ1) is 9.15.